The third-order valence-corrected chi connectivity index (χ3v) is 3.78. The van der Waals surface area contributed by atoms with Gasteiger partial charge < -0.3 is 15.5 Å². The minimum absolute atomic E-state index is 0.202. The van der Waals surface area contributed by atoms with Gasteiger partial charge in [0.1, 0.15) is 17.8 Å². The predicted octanol–water partition coefficient (Wildman–Crippen LogP) is 3.54. The summed E-state index contributed by atoms with van der Waals surface area (Å²) in [5.74, 6) is -2.92. The topological polar surface area (TPSA) is 79.8 Å². The fraction of sp³-hybridized carbons (Fsp3) is 0.118. The molecule has 2 aromatic rings. The van der Waals surface area contributed by atoms with Gasteiger partial charge in [-0.3, -0.25) is 9.59 Å². The van der Waals surface area contributed by atoms with Crippen LogP contribution < -0.4 is 10.6 Å². The van der Waals surface area contributed by atoms with Crippen molar-refractivity contribution in [2.45, 2.75) is 13.0 Å². The first-order valence-corrected chi connectivity index (χ1v) is 8.44. The second-order valence-corrected chi connectivity index (χ2v) is 6.34. The number of hydrogen-bond acceptors (Lipinski definition) is 4. The summed E-state index contributed by atoms with van der Waals surface area (Å²) in [5.41, 5.74) is 0.395. The van der Waals surface area contributed by atoms with Crippen molar-refractivity contribution in [3.63, 3.8) is 0 Å². The molecule has 2 amide bonds. The van der Waals surface area contributed by atoms with E-state index in [0.29, 0.717) is 11.8 Å². The number of rotatable bonds is 6. The maximum Gasteiger partial charge on any atom is 0.270 e. The van der Waals surface area contributed by atoms with Crippen LogP contribution in [0.15, 0.2) is 47.6 Å². The van der Waals surface area contributed by atoms with Gasteiger partial charge in [0.05, 0.1) is 5.69 Å². The molecule has 0 heterocycles. The van der Waals surface area contributed by atoms with Gasteiger partial charge >= 0.3 is 0 Å². The Balaban J connectivity index is 1.83. The lowest BCUT2D eigenvalue weighted by molar-refractivity contribution is -0.126. The van der Waals surface area contributed by atoms with E-state index in [1.54, 1.807) is 12.1 Å². The summed E-state index contributed by atoms with van der Waals surface area (Å²) in [7, 11) is 0. The van der Waals surface area contributed by atoms with Gasteiger partial charge in [-0.25, -0.2) is 8.78 Å². The third kappa shape index (κ3) is 6.06. The van der Waals surface area contributed by atoms with Crippen LogP contribution in [-0.2, 0) is 14.4 Å². The summed E-state index contributed by atoms with van der Waals surface area (Å²) in [6.45, 7) is 1.46. The highest BCUT2D eigenvalue weighted by atomic mass is 127. The van der Waals surface area contributed by atoms with E-state index < -0.39 is 29.6 Å². The molecule has 0 saturated heterocycles. The lowest BCUT2D eigenvalue weighted by Crippen LogP contribution is -2.26. The Bertz CT molecular complexity index is 829. The van der Waals surface area contributed by atoms with Crippen LogP contribution in [0.2, 0.25) is 0 Å². The number of benzene rings is 2. The van der Waals surface area contributed by atoms with Crippen molar-refractivity contribution in [1.29, 1.82) is 0 Å². The number of hydrogen-bond donors (Lipinski definition) is 2. The van der Waals surface area contributed by atoms with E-state index in [2.05, 4.69) is 38.4 Å². The molecule has 0 aromatic heterocycles. The molecule has 2 N–H and O–H groups in total. The number of nitrogens with one attached hydrogen (secondary N) is 2. The normalized spacial score (nSPS) is 11.8. The summed E-state index contributed by atoms with van der Waals surface area (Å²) in [4.78, 5) is 28.5. The number of oxime groups is 1. The molecule has 1 atom stereocenters. The predicted molar refractivity (Wildman–Crippen MR) is 102 cm³/mol. The molecule has 0 aliphatic heterocycles. The molecule has 2 rings (SSSR count). The van der Waals surface area contributed by atoms with E-state index in [1.165, 1.54) is 6.92 Å². The Morgan fingerprint density at radius 2 is 1.85 bits per heavy atom. The average Bonchev–Trinajstić information content (AvgIpc) is 2.59. The minimum atomic E-state index is -0.958. The first-order chi connectivity index (χ1) is 12.3. The van der Waals surface area contributed by atoms with Crippen LogP contribution in [-0.4, -0.2) is 24.1 Å². The molecular formula is C17H14F2IN3O3. The molecule has 0 fully saturated rings. The minimum Gasteiger partial charge on any atom is -0.383 e. The Morgan fingerprint density at radius 3 is 2.50 bits per heavy atom. The summed E-state index contributed by atoms with van der Waals surface area (Å²) in [6, 6.07) is 9.86. The second-order valence-electron chi connectivity index (χ2n) is 5.09. The first kappa shape index (κ1) is 19.8. The maximum absolute atomic E-state index is 13.4. The van der Waals surface area contributed by atoms with Gasteiger partial charge in [-0.15, -0.1) is 0 Å². The number of carbonyl (C=O) groups is 2. The van der Waals surface area contributed by atoms with E-state index in [-0.39, 0.29) is 5.69 Å². The highest BCUT2D eigenvalue weighted by Crippen LogP contribution is 2.14. The van der Waals surface area contributed by atoms with Gasteiger partial charge in [-0.05, 0) is 65.9 Å². The van der Waals surface area contributed by atoms with Gasteiger partial charge in [0.2, 0.25) is 6.10 Å². The molecule has 136 valence electrons. The van der Waals surface area contributed by atoms with Crippen molar-refractivity contribution in [3.8, 4) is 0 Å². The molecular weight excluding hydrogens is 459 g/mol. The molecule has 0 radical (unpaired) electrons. The van der Waals surface area contributed by atoms with Gasteiger partial charge in [-0.2, -0.15) is 0 Å². The molecule has 0 aliphatic carbocycles. The van der Waals surface area contributed by atoms with E-state index in [4.69, 9.17) is 4.84 Å². The van der Waals surface area contributed by atoms with Gasteiger partial charge in [0.25, 0.3) is 11.8 Å². The molecule has 6 nitrogen and oxygen atoms in total. The van der Waals surface area contributed by atoms with Crippen LogP contribution >= 0.6 is 22.6 Å². The summed E-state index contributed by atoms with van der Waals surface area (Å²) in [5, 5.41) is 8.20. The lowest BCUT2D eigenvalue weighted by Gasteiger charge is -2.10. The van der Waals surface area contributed by atoms with Gasteiger partial charge in [0, 0.05) is 15.3 Å². The van der Waals surface area contributed by atoms with Crippen LogP contribution in [0.5, 0.6) is 0 Å². The first-order valence-electron chi connectivity index (χ1n) is 7.37. The smallest absolute Gasteiger partial charge is 0.270 e. The summed E-state index contributed by atoms with van der Waals surface area (Å²) >= 11 is 2.14. The number of amides is 2. The van der Waals surface area contributed by atoms with Crippen LogP contribution in [0, 0.1) is 15.2 Å². The molecule has 0 spiro atoms. The Kier molecular flexibility index (Phi) is 7.01. The lowest BCUT2D eigenvalue weighted by atomic mass is 10.3. The van der Waals surface area contributed by atoms with Gasteiger partial charge in [0.15, 0.2) is 0 Å². The zero-order chi connectivity index (χ0) is 19.1. The van der Waals surface area contributed by atoms with E-state index in [1.807, 2.05) is 12.1 Å². The van der Waals surface area contributed by atoms with Crippen LogP contribution in [0.3, 0.4) is 0 Å². The van der Waals surface area contributed by atoms with E-state index in [9.17, 15) is 18.4 Å². The number of halogens is 3. The fourth-order valence-corrected chi connectivity index (χ4v) is 2.11. The molecule has 0 aliphatic rings. The van der Waals surface area contributed by atoms with Crippen molar-refractivity contribution < 1.29 is 23.2 Å². The standard InChI is InChI=1S/C17H14F2IN3O3/c1-10(17(25)22-13-5-3-12(20)4-6-13)26-21-9-16(24)23-15-7-2-11(18)8-14(15)19/h2-10H,1H3,(H,22,25)(H,23,24). The molecule has 1 unspecified atom stereocenters. The fourth-order valence-electron chi connectivity index (χ4n) is 1.75. The van der Waals surface area contributed by atoms with Gasteiger partial charge in [-0.1, -0.05) is 5.16 Å². The maximum atomic E-state index is 13.4. The number of carbonyl (C=O) groups excluding carboxylic acids is 2. The van der Waals surface area contributed by atoms with Crippen LogP contribution in [0.4, 0.5) is 20.2 Å². The summed E-state index contributed by atoms with van der Waals surface area (Å²) < 4.78 is 27.2. The Morgan fingerprint density at radius 1 is 1.15 bits per heavy atom. The number of nitrogens with zero attached hydrogens (tertiary/aromatic N) is 1. The Hall–Kier alpha value is -2.56. The molecule has 0 saturated carbocycles. The van der Waals surface area contributed by atoms with Crippen molar-refractivity contribution in [2.75, 3.05) is 10.6 Å². The third-order valence-electron chi connectivity index (χ3n) is 3.06. The highest BCUT2D eigenvalue weighted by molar-refractivity contribution is 14.1. The van der Waals surface area contributed by atoms with Crippen molar-refractivity contribution in [1.82, 2.24) is 0 Å². The second kappa shape index (κ2) is 9.22. The molecule has 9 heteroatoms. The zero-order valence-electron chi connectivity index (χ0n) is 13.5. The quantitative estimate of drug-likeness (QED) is 0.383. The van der Waals surface area contributed by atoms with E-state index in [0.717, 1.165) is 21.9 Å². The number of anilines is 2. The monoisotopic (exact) mass is 473 g/mol. The summed E-state index contributed by atoms with van der Waals surface area (Å²) in [6.07, 6.45) is -0.210. The Labute approximate surface area is 161 Å². The van der Waals surface area contributed by atoms with Crippen LogP contribution in [0.1, 0.15) is 6.92 Å². The SMILES string of the molecule is CC(ON=CC(=O)Nc1ccc(F)cc1F)C(=O)Nc1ccc(I)cc1. The molecule has 26 heavy (non-hydrogen) atoms. The largest absolute Gasteiger partial charge is 0.383 e. The highest BCUT2D eigenvalue weighted by Gasteiger charge is 2.14. The molecule has 2 aromatic carbocycles. The van der Waals surface area contributed by atoms with Crippen molar-refractivity contribution in [2.24, 2.45) is 5.16 Å². The average molecular weight is 473 g/mol. The van der Waals surface area contributed by atoms with Crippen molar-refractivity contribution in [3.05, 3.63) is 57.7 Å². The van der Waals surface area contributed by atoms with Crippen LogP contribution in [0.25, 0.3) is 0 Å². The van der Waals surface area contributed by atoms with E-state index >= 15 is 0 Å². The zero-order valence-corrected chi connectivity index (χ0v) is 15.7. The molecule has 0 bridgehead atoms. The van der Waals surface area contributed by atoms with Crippen molar-refractivity contribution >= 4 is 52.0 Å².